The second kappa shape index (κ2) is 7.25. The van der Waals surface area contributed by atoms with Crippen molar-refractivity contribution in [3.8, 4) is 0 Å². The number of likely N-dealkylation sites (tertiary alicyclic amines) is 1. The largest absolute Gasteiger partial charge is 0.314 e. The van der Waals surface area contributed by atoms with Gasteiger partial charge in [0.1, 0.15) is 0 Å². The van der Waals surface area contributed by atoms with Gasteiger partial charge in [-0.15, -0.1) is 0 Å². The van der Waals surface area contributed by atoms with Gasteiger partial charge in [-0.2, -0.15) is 0 Å². The van der Waals surface area contributed by atoms with E-state index in [9.17, 15) is 0 Å². The summed E-state index contributed by atoms with van der Waals surface area (Å²) in [7, 11) is 0. The van der Waals surface area contributed by atoms with E-state index >= 15 is 0 Å². The lowest BCUT2D eigenvalue weighted by atomic mass is 10.2. The van der Waals surface area contributed by atoms with Crippen LogP contribution in [0.1, 0.15) is 38.5 Å². The monoisotopic (exact) mass is 225 g/mol. The van der Waals surface area contributed by atoms with Gasteiger partial charge >= 0.3 is 0 Å². The lowest BCUT2D eigenvalue weighted by Gasteiger charge is -2.20. The van der Waals surface area contributed by atoms with Gasteiger partial charge in [-0.05, 0) is 45.3 Å². The molecule has 0 saturated carbocycles. The summed E-state index contributed by atoms with van der Waals surface area (Å²) >= 11 is 0. The van der Waals surface area contributed by atoms with E-state index in [2.05, 4.69) is 15.5 Å². The normalized spacial score (nSPS) is 28.1. The summed E-state index contributed by atoms with van der Waals surface area (Å²) in [5, 5.41) is 7.12. The van der Waals surface area contributed by atoms with Gasteiger partial charge in [0.05, 0.1) is 0 Å². The predicted molar refractivity (Wildman–Crippen MR) is 68.8 cm³/mol. The Labute approximate surface area is 100.0 Å². The highest BCUT2D eigenvalue weighted by Gasteiger charge is 2.13. The van der Waals surface area contributed by atoms with E-state index in [0.29, 0.717) is 0 Å². The first-order valence-corrected chi connectivity index (χ1v) is 7.11. The molecule has 2 aliphatic rings. The van der Waals surface area contributed by atoms with Crippen LogP contribution in [0.25, 0.3) is 0 Å². The van der Waals surface area contributed by atoms with Crippen molar-refractivity contribution in [2.45, 2.75) is 44.6 Å². The standard InChI is InChI=1S/C13H27N3/c1-2-4-10-16(9-3-1)11-8-14-12-13-6-5-7-15-13/h13-15H,1-12H2. The Morgan fingerprint density at radius 3 is 2.56 bits per heavy atom. The van der Waals surface area contributed by atoms with E-state index in [-0.39, 0.29) is 0 Å². The summed E-state index contributed by atoms with van der Waals surface area (Å²) in [4.78, 5) is 2.63. The number of hydrogen-bond donors (Lipinski definition) is 2. The fraction of sp³-hybridized carbons (Fsp3) is 1.00. The summed E-state index contributed by atoms with van der Waals surface area (Å²) in [5.41, 5.74) is 0. The third-order valence-corrected chi connectivity index (χ3v) is 3.86. The molecule has 0 aromatic heterocycles. The smallest absolute Gasteiger partial charge is 0.0192 e. The van der Waals surface area contributed by atoms with Gasteiger partial charge < -0.3 is 15.5 Å². The van der Waals surface area contributed by atoms with Gasteiger partial charge in [-0.3, -0.25) is 0 Å². The average molecular weight is 225 g/mol. The first kappa shape index (κ1) is 12.3. The first-order chi connectivity index (χ1) is 7.95. The molecule has 3 nitrogen and oxygen atoms in total. The highest BCUT2D eigenvalue weighted by Crippen LogP contribution is 2.08. The molecule has 2 rings (SSSR count). The summed E-state index contributed by atoms with van der Waals surface area (Å²) in [6.07, 6.45) is 8.41. The number of nitrogens with one attached hydrogen (secondary N) is 2. The van der Waals surface area contributed by atoms with Crippen molar-refractivity contribution in [3.63, 3.8) is 0 Å². The zero-order valence-corrected chi connectivity index (χ0v) is 10.5. The summed E-state index contributed by atoms with van der Waals surface area (Å²) in [5.74, 6) is 0. The van der Waals surface area contributed by atoms with E-state index in [1.807, 2.05) is 0 Å². The third-order valence-electron chi connectivity index (χ3n) is 3.86. The molecule has 0 amide bonds. The molecular formula is C13H27N3. The molecule has 0 aromatic carbocycles. The molecule has 2 heterocycles. The average Bonchev–Trinajstić information content (AvgIpc) is 2.68. The van der Waals surface area contributed by atoms with Crippen molar-refractivity contribution in [3.05, 3.63) is 0 Å². The zero-order chi connectivity index (χ0) is 11.1. The van der Waals surface area contributed by atoms with Crippen LogP contribution >= 0.6 is 0 Å². The van der Waals surface area contributed by atoms with Crippen LogP contribution in [0.2, 0.25) is 0 Å². The molecule has 2 fully saturated rings. The number of hydrogen-bond acceptors (Lipinski definition) is 3. The SMILES string of the molecule is C1CCCN(CCNCC2CCCN2)CC1. The highest BCUT2D eigenvalue weighted by molar-refractivity contribution is 4.76. The molecule has 0 spiro atoms. The third kappa shape index (κ3) is 4.40. The topological polar surface area (TPSA) is 27.3 Å². The molecule has 1 unspecified atom stereocenters. The van der Waals surface area contributed by atoms with Crippen molar-refractivity contribution in [2.24, 2.45) is 0 Å². The van der Waals surface area contributed by atoms with Crippen LogP contribution in [0.3, 0.4) is 0 Å². The van der Waals surface area contributed by atoms with Crippen molar-refractivity contribution in [1.82, 2.24) is 15.5 Å². The van der Waals surface area contributed by atoms with Gasteiger partial charge in [0, 0.05) is 25.7 Å². The molecular weight excluding hydrogens is 198 g/mol. The van der Waals surface area contributed by atoms with Crippen molar-refractivity contribution in [2.75, 3.05) is 39.3 Å². The molecule has 16 heavy (non-hydrogen) atoms. The molecule has 0 aliphatic carbocycles. The minimum Gasteiger partial charge on any atom is -0.314 e. The van der Waals surface area contributed by atoms with Gasteiger partial charge in [0.15, 0.2) is 0 Å². The van der Waals surface area contributed by atoms with E-state index in [0.717, 1.165) is 19.1 Å². The zero-order valence-electron chi connectivity index (χ0n) is 10.5. The number of rotatable bonds is 5. The van der Waals surface area contributed by atoms with Crippen LogP contribution < -0.4 is 10.6 Å². The lowest BCUT2D eigenvalue weighted by Crippen LogP contribution is -2.38. The Bertz CT molecular complexity index is 170. The number of nitrogens with zero attached hydrogens (tertiary/aromatic N) is 1. The van der Waals surface area contributed by atoms with E-state index in [1.54, 1.807) is 0 Å². The van der Waals surface area contributed by atoms with Crippen molar-refractivity contribution < 1.29 is 0 Å². The maximum atomic E-state index is 3.59. The van der Waals surface area contributed by atoms with Crippen LogP contribution in [0.4, 0.5) is 0 Å². The van der Waals surface area contributed by atoms with Gasteiger partial charge in [0.25, 0.3) is 0 Å². The molecule has 94 valence electrons. The Kier molecular flexibility index (Phi) is 5.59. The summed E-state index contributed by atoms with van der Waals surface area (Å²) in [6, 6.07) is 0.740. The Balaban J connectivity index is 1.49. The summed E-state index contributed by atoms with van der Waals surface area (Å²) in [6.45, 7) is 7.43. The van der Waals surface area contributed by atoms with Crippen LogP contribution in [-0.2, 0) is 0 Å². The molecule has 0 radical (unpaired) electrons. The predicted octanol–water partition coefficient (Wildman–Crippen LogP) is 1.20. The Morgan fingerprint density at radius 2 is 1.88 bits per heavy atom. The molecule has 2 saturated heterocycles. The Hall–Kier alpha value is -0.120. The van der Waals surface area contributed by atoms with Crippen LogP contribution in [0.5, 0.6) is 0 Å². The first-order valence-electron chi connectivity index (χ1n) is 7.11. The minimum absolute atomic E-state index is 0.740. The molecule has 1 atom stereocenters. The maximum Gasteiger partial charge on any atom is 0.0192 e. The fourth-order valence-electron chi connectivity index (χ4n) is 2.80. The van der Waals surface area contributed by atoms with Crippen molar-refractivity contribution >= 4 is 0 Å². The highest BCUT2D eigenvalue weighted by atomic mass is 15.1. The van der Waals surface area contributed by atoms with E-state index in [1.165, 1.54) is 64.7 Å². The van der Waals surface area contributed by atoms with Gasteiger partial charge in [-0.1, -0.05) is 12.8 Å². The van der Waals surface area contributed by atoms with Gasteiger partial charge in [-0.25, -0.2) is 0 Å². The fourth-order valence-corrected chi connectivity index (χ4v) is 2.80. The second-order valence-electron chi connectivity index (χ2n) is 5.25. The van der Waals surface area contributed by atoms with Gasteiger partial charge in [0.2, 0.25) is 0 Å². The quantitative estimate of drug-likeness (QED) is 0.689. The minimum atomic E-state index is 0.740. The van der Waals surface area contributed by atoms with E-state index in [4.69, 9.17) is 0 Å². The van der Waals surface area contributed by atoms with E-state index < -0.39 is 0 Å². The van der Waals surface area contributed by atoms with Crippen LogP contribution in [-0.4, -0.2) is 50.2 Å². The lowest BCUT2D eigenvalue weighted by molar-refractivity contribution is 0.283. The molecule has 0 aromatic rings. The summed E-state index contributed by atoms with van der Waals surface area (Å²) < 4.78 is 0. The van der Waals surface area contributed by atoms with Crippen LogP contribution in [0.15, 0.2) is 0 Å². The molecule has 3 heteroatoms. The Morgan fingerprint density at radius 1 is 1.06 bits per heavy atom. The van der Waals surface area contributed by atoms with Crippen molar-refractivity contribution in [1.29, 1.82) is 0 Å². The molecule has 2 aliphatic heterocycles. The van der Waals surface area contributed by atoms with Crippen LogP contribution in [0, 0.1) is 0 Å². The second-order valence-corrected chi connectivity index (χ2v) is 5.25. The molecule has 2 N–H and O–H groups in total. The maximum absolute atomic E-state index is 3.59. The molecule has 0 bridgehead atoms.